The molecule has 1 aromatic carbocycles. The Balaban J connectivity index is 1.84. The summed E-state index contributed by atoms with van der Waals surface area (Å²) in [4.78, 5) is 18.8. The van der Waals surface area contributed by atoms with Crippen LogP contribution in [0.25, 0.3) is 10.9 Å². The summed E-state index contributed by atoms with van der Waals surface area (Å²) in [6.45, 7) is 1.60. The van der Waals surface area contributed by atoms with Gasteiger partial charge in [0.2, 0.25) is 0 Å². The maximum atomic E-state index is 12.6. The van der Waals surface area contributed by atoms with E-state index in [2.05, 4.69) is 4.98 Å². The van der Waals surface area contributed by atoms with Crippen LogP contribution >= 0.6 is 11.6 Å². The molecule has 2 heterocycles. The van der Waals surface area contributed by atoms with Crippen molar-refractivity contribution in [1.82, 2.24) is 9.88 Å². The number of carbonyl (C=O) groups excluding carboxylic acids is 1. The Bertz CT molecular complexity index is 629. The van der Waals surface area contributed by atoms with E-state index < -0.39 is 0 Å². The van der Waals surface area contributed by atoms with Crippen LogP contribution in [0.5, 0.6) is 0 Å². The van der Waals surface area contributed by atoms with Gasteiger partial charge in [-0.2, -0.15) is 0 Å². The van der Waals surface area contributed by atoms with Gasteiger partial charge < -0.3 is 4.90 Å². The molecule has 1 saturated heterocycles. The molecule has 0 saturated carbocycles. The Morgan fingerprint density at radius 3 is 3.15 bits per heavy atom. The highest BCUT2D eigenvalue weighted by Gasteiger charge is 2.23. The van der Waals surface area contributed by atoms with Crippen molar-refractivity contribution in [3.63, 3.8) is 0 Å². The first kappa shape index (κ1) is 13.4. The number of fused-ring (bicyclic) bond motifs is 1. The number of nitrogens with zero attached hydrogens (tertiary/aromatic N) is 2. The zero-order chi connectivity index (χ0) is 13.9. The first-order valence-electron chi connectivity index (χ1n) is 6.98. The second kappa shape index (κ2) is 5.80. The number of amides is 1. The van der Waals surface area contributed by atoms with Gasteiger partial charge in [-0.25, -0.2) is 0 Å². The number of alkyl halides is 1. The van der Waals surface area contributed by atoms with E-state index in [0.717, 1.165) is 42.4 Å². The predicted octanol–water partition coefficient (Wildman–Crippen LogP) is 3.33. The van der Waals surface area contributed by atoms with Crippen LogP contribution in [0.1, 0.15) is 23.2 Å². The summed E-state index contributed by atoms with van der Waals surface area (Å²) in [6.07, 6.45) is 3.92. The number of hydrogen-bond acceptors (Lipinski definition) is 2. The Labute approximate surface area is 123 Å². The molecule has 1 aromatic heterocycles. The highest BCUT2D eigenvalue weighted by atomic mass is 35.5. The summed E-state index contributed by atoms with van der Waals surface area (Å²) in [5, 5.41) is 1.00. The smallest absolute Gasteiger partial charge is 0.253 e. The zero-order valence-electron chi connectivity index (χ0n) is 11.3. The van der Waals surface area contributed by atoms with Crippen LogP contribution in [0.2, 0.25) is 0 Å². The van der Waals surface area contributed by atoms with Crippen molar-refractivity contribution in [3.05, 3.63) is 42.1 Å². The molecule has 0 aliphatic carbocycles. The van der Waals surface area contributed by atoms with Crippen molar-refractivity contribution >= 4 is 28.4 Å². The molecule has 1 fully saturated rings. The maximum absolute atomic E-state index is 12.6. The minimum absolute atomic E-state index is 0.102. The molecule has 1 amide bonds. The molecule has 0 N–H and O–H groups in total. The number of pyridine rings is 1. The van der Waals surface area contributed by atoms with Crippen LogP contribution in [0.15, 0.2) is 36.5 Å². The van der Waals surface area contributed by atoms with E-state index in [1.54, 1.807) is 6.20 Å². The van der Waals surface area contributed by atoms with Crippen LogP contribution in [0, 0.1) is 5.92 Å². The van der Waals surface area contributed by atoms with Gasteiger partial charge >= 0.3 is 0 Å². The minimum Gasteiger partial charge on any atom is -0.338 e. The molecule has 1 unspecified atom stereocenters. The Kier molecular flexibility index (Phi) is 3.88. The lowest BCUT2D eigenvalue weighted by Crippen LogP contribution is -2.40. The number of rotatable bonds is 2. The summed E-state index contributed by atoms with van der Waals surface area (Å²) in [5.41, 5.74) is 1.65. The lowest BCUT2D eigenvalue weighted by molar-refractivity contribution is 0.0685. The number of piperidine rings is 1. The van der Waals surface area contributed by atoms with Gasteiger partial charge in [-0.15, -0.1) is 11.6 Å². The molecule has 2 aromatic rings. The van der Waals surface area contributed by atoms with Crippen molar-refractivity contribution in [2.45, 2.75) is 12.8 Å². The van der Waals surface area contributed by atoms with Gasteiger partial charge in [-0.1, -0.05) is 6.07 Å². The highest BCUT2D eigenvalue weighted by molar-refractivity contribution is 6.18. The van der Waals surface area contributed by atoms with Crippen LogP contribution in [-0.4, -0.2) is 34.8 Å². The molecule has 3 rings (SSSR count). The normalized spacial score (nSPS) is 19.2. The third-order valence-corrected chi connectivity index (χ3v) is 4.31. The van der Waals surface area contributed by atoms with Gasteiger partial charge in [-0.05, 0) is 43.0 Å². The van der Waals surface area contributed by atoms with Crippen molar-refractivity contribution in [2.24, 2.45) is 5.92 Å². The fourth-order valence-electron chi connectivity index (χ4n) is 2.77. The fourth-order valence-corrected chi connectivity index (χ4v) is 3.02. The molecule has 1 atom stereocenters. The van der Waals surface area contributed by atoms with E-state index in [4.69, 9.17) is 11.6 Å². The van der Waals surface area contributed by atoms with E-state index in [1.165, 1.54) is 0 Å². The van der Waals surface area contributed by atoms with E-state index in [1.807, 2.05) is 35.2 Å². The molecule has 20 heavy (non-hydrogen) atoms. The number of halogens is 1. The largest absolute Gasteiger partial charge is 0.338 e. The van der Waals surface area contributed by atoms with E-state index >= 15 is 0 Å². The van der Waals surface area contributed by atoms with Gasteiger partial charge in [0.1, 0.15) is 0 Å². The van der Waals surface area contributed by atoms with Crippen LogP contribution in [0.4, 0.5) is 0 Å². The SMILES string of the molecule is O=C(c1ccc2ncccc2c1)N1CCCC(CCl)C1. The molecule has 3 nitrogen and oxygen atoms in total. The van der Waals surface area contributed by atoms with E-state index in [9.17, 15) is 4.79 Å². The molecule has 0 spiro atoms. The van der Waals surface area contributed by atoms with Gasteiger partial charge in [0, 0.05) is 36.1 Å². The third kappa shape index (κ3) is 2.63. The Hall–Kier alpha value is -1.61. The molecular weight excluding hydrogens is 272 g/mol. The Morgan fingerprint density at radius 1 is 1.40 bits per heavy atom. The summed E-state index contributed by atoms with van der Waals surface area (Å²) in [7, 11) is 0. The maximum Gasteiger partial charge on any atom is 0.253 e. The van der Waals surface area contributed by atoms with Gasteiger partial charge in [0.15, 0.2) is 0 Å². The third-order valence-electron chi connectivity index (χ3n) is 3.87. The first-order chi connectivity index (χ1) is 9.78. The first-order valence-corrected chi connectivity index (χ1v) is 7.51. The number of carbonyl (C=O) groups is 1. The number of benzene rings is 1. The van der Waals surface area contributed by atoms with Gasteiger partial charge in [-0.3, -0.25) is 9.78 Å². The molecule has 0 radical (unpaired) electrons. The molecule has 0 bridgehead atoms. The minimum atomic E-state index is 0.102. The number of hydrogen-bond donors (Lipinski definition) is 0. The Morgan fingerprint density at radius 2 is 2.30 bits per heavy atom. The lowest BCUT2D eigenvalue weighted by atomic mass is 9.99. The number of likely N-dealkylation sites (tertiary alicyclic amines) is 1. The quantitative estimate of drug-likeness (QED) is 0.794. The topological polar surface area (TPSA) is 33.2 Å². The van der Waals surface area contributed by atoms with Crippen molar-refractivity contribution in [2.75, 3.05) is 19.0 Å². The van der Waals surface area contributed by atoms with Crippen LogP contribution < -0.4 is 0 Å². The zero-order valence-corrected chi connectivity index (χ0v) is 12.0. The van der Waals surface area contributed by atoms with Crippen LogP contribution in [-0.2, 0) is 0 Å². The monoisotopic (exact) mass is 288 g/mol. The second-order valence-corrected chi connectivity index (χ2v) is 5.63. The van der Waals surface area contributed by atoms with Crippen molar-refractivity contribution in [1.29, 1.82) is 0 Å². The molecule has 1 aliphatic heterocycles. The summed E-state index contributed by atoms with van der Waals surface area (Å²) in [5.74, 6) is 1.16. The molecule has 1 aliphatic rings. The van der Waals surface area contributed by atoms with E-state index in [0.29, 0.717) is 11.8 Å². The van der Waals surface area contributed by atoms with Crippen LogP contribution in [0.3, 0.4) is 0 Å². The fraction of sp³-hybridized carbons (Fsp3) is 0.375. The molecule has 104 valence electrons. The van der Waals surface area contributed by atoms with Crippen molar-refractivity contribution < 1.29 is 4.79 Å². The number of aromatic nitrogens is 1. The summed E-state index contributed by atoms with van der Waals surface area (Å²) >= 11 is 5.93. The summed E-state index contributed by atoms with van der Waals surface area (Å²) < 4.78 is 0. The van der Waals surface area contributed by atoms with E-state index in [-0.39, 0.29) is 5.91 Å². The molecular formula is C16H17ClN2O. The lowest BCUT2D eigenvalue weighted by Gasteiger charge is -2.31. The predicted molar refractivity (Wildman–Crippen MR) is 81.1 cm³/mol. The molecule has 4 heteroatoms. The summed E-state index contributed by atoms with van der Waals surface area (Å²) in [6, 6.07) is 9.57. The average molecular weight is 289 g/mol. The average Bonchev–Trinajstić information content (AvgIpc) is 2.53. The van der Waals surface area contributed by atoms with Crippen molar-refractivity contribution in [3.8, 4) is 0 Å². The standard InChI is InChI=1S/C16H17ClN2O/c17-10-12-3-2-8-19(11-12)16(20)14-5-6-15-13(9-14)4-1-7-18-15/h1,4-7,9,12H,2-3,8,10-11H2. The highest BCUT2D eigenvalue weighted by Crippen LogP contribution is 2.21. The van der Waals surface area contributed by atoms with Gasteiger partial charge in [0.05, 0.1) is 5.52 Å². The van der Waals surface area contributed by atoms with Gasteiger partial charge in [0.25, 0.3) is 5.91 Å². The second-order valence-electron chi connectivity index (χ2n) is 5.32.